The summed E-state index contributed by atoms with van der Waals surface area (Å²) in [5.41, 5.74) is 1.85. The van der Waals surface area contributed by atoms with Crippen molar-refractivity contribution in [2.45, 2.75) is 33.6 Å². The van der Waals surface area contributed by atoms with E-state index in [1.807, 2.05) is 27.8 Å². The van der Waals surface area contributed by atoms with Crippen LogP contribution in [-0.2, 0) is 18.3 Å². The molecule has 1 rings (SSSR count). The van der Waals surface area contributed by atoms with Crippen LogP contribution in [0.1, 0.15) is 31.7 Å². The van der Waals surface area contributed by atoms with Gasteiger partial charge in [-0.05, 0) is 35.2 Å². The van der Waals surface area contributed by atoms with E-state index in [0.29, 0.717) is 18.8 Å². The van der Waals surface area contributed by atoms with Crippen LogP contribution in [0, 0.1) is 18.8 Å². The number of hydrogen-bond acceptors (Lipinski definition) is 2. The van der Waals surface area contributed by atoms with E-state index >= 15 is 0 Å². The third kappa shape index (κ3) is 3.56. The van der Waals surface area contributed by atoms with Crippen molar-refractivity contribution in [2.24, 2.45) is 18.9 Å². The average molecular weight is 303 g/mol. The fourth-order valence-electron chi connectivity index (χ4n) is 1.98. The summed E-state index contributed by atoms with van der Waals surface area (Å²) in [7, 11) is 1.85. The Kier molecular flexibility index (Phi) is 4.74. The molecule has 0 saturated carbocycles. The molecule has 0 aliphatic heterocycles. The van der Waals surface area contributed by atoms with Gasteiger partial charge >= 0.3 is 5.97 Å². The maximum Gasteiger partial charge on any atom is 0.306 e. The van der Waals surface area contributed by atoms with Crippen molar-refractivity contribution in [1.82, 2.24) is 9.78 Å². The summed E-state index contributed by atoms with van der Waals surface area (Å²) in [5.74, 6) is -0.699. The number of aromatic nitrogens is 2. The Hall–Kier alpha value is -0.840. The quantitative estimate of drug-likeness (QED) is 0.910. The summed E-state index contributed by atoms with van der Waals surface area (Å²) < 4.78 is 2.69. The molecule has 1 aromatic rings. The zero-order valence-corrected chi connectivity index (χ0v) is 12.3. The molecule has 0 amide bonds. The zero-order valence-electron chi connectivity index (χ0n) is 10.7. The monoisotopic (exact) mass is 302 g/mol. The van der Waals surface area contributed by atoms with Gasteiger partial charge in [-0.2, -0.15) is 5.10 Å². The van der Waals surface area contributed by atoms with Crippen molar-refractivity contribution in [3.63, 3.8) is 0 Å². The standard InChI is InChI=1S/C12H19BrN2O2/c1-7(2)5-9(12(16)17)6-10-11(13)8(3)14-15(10)4/h7,9H,5-6H2,1-4H3,(H,16,17). The molecule has 0 spiro atoms. The molecule has 0 saturated heterocycles. The first-order chi connectivity index (χ1) is 7.82. The highest BCUT2D eigenvalue weighted by molar-refractivity contribution is 9.10. The molecule has 4 nitrogen and oxygen atoms in total. The van der Waals surface area contributed by atoms with Crippen LogP contribution in [0.5, 0.6) is 0 Å². The van der Waals surface area contributed by atoms with E-state index in [2.05, 4.69) is 21.0 Å². The molecule has 1 N–H and O–H groups in total. The van der Waals surface area contributed by atoms with Gasteiger partial charge in [-0.3, -0.25) is 9.48 Å². The molecule has 0 radical (unpaired) electrons. The Morgan fingerprint density at radius 1 is 1.53 bits per heavy atom. The highest BCUT2D eigenvalue weighted by atomic mass is 79.9. The Morgan fingerprint density at radius 2 is 2.12 bits per heavy atom. The fraction of sp³-hybridized carbons (Fsp3) is 0.667. The van der Waals surface area contributed by atoms with Gasteiger partial charge in [0.25, 0.3) is 0 Å². The lowest BCUT2D eigenvalue weighted by Gasteiger charge is -2.15. The van der Waals surface area contributed by atoms with Crippen LogP contribution in [0.4, 0.5) is 0 Å². The SMILES string of the molecule is Cc1nn(C)c(CC(CC(C)C)C(=O)O)c1Br. The van der Waals surface area contributed by atoms with Crippen LogP contribution in [0.3, 0.4) is 0 Å². The van der Waals surface area contributed by atoms with Crippen LogP contribution in [0.2, 0.25) is 0 Å². The second kappa shape index (κ2) is 5.67. The third-order valence-corrected chi connectivity index (χ3v) is 3.84. The normalized spacial score (nSPS) is 13.1. The van der Waals surface area contributed by atoms with Gasteiger partial charge in [0.2, 0.25) is 0 Å². The number of aliphatic carboxylic acids is 1. The van der Waals surface area contributed by atoms with Crippen molar-refractivity contribution >= 4 is 21.9 Å². The smallest absolute Gasteiger partial charge is 0.306 e. The van der Waals surface area contributed by atoms with Crippen molar-refractivity contribution in [1.29, 1.82) is 0 Å². The van der Waals surface area contributed by atoms with Gasteiger partial charge in [0.05, 0.1) is 21.8 Å². The van der Waals surface area contributed by atoms with Gasteiger partial charge < -0.3 is 5.11 Å². The van der Waals surface area contributed by atoms with Crippen LogP contribution in [0.15, 0.2) is 4.47 Å². The van der Waals surface area contributed by atoms with Gasteiger partial charge in [0.1, 0.15) is 0 Å². The molecule has 1 heterocycles. The molecule has 5 heteroatoms. The molecule has 0 fully saturated rings. The number of halogens is 1. The molecule has 0 aliphatic carbocycles. The summed E-state index contributed by atoms with van der Waals surface area (Å²) in [6, 6.07) is 0. The van der Waals surface area contributed by atoms with E-state index in [1.54, 1.807) is 4.68 Å². The highest BCUT2D eigenvalue weighted by Gasteiger charge is 2.23. The van der Waals surface area contributed by atoms with E-state index in [9.17, 15) is 9.90 Å². The van der Waals surface area contributed by atoms with Crippen LogP contribution >= 0.6 is 15.9 Å². The number of nitrogens with zero attached hydrogens (tertiary/aromatic N) is 2. The minimum absolute atomic E-state index is 0.346. The summed E-state index contributed by atoms with van der Waals surface area (Å²) in [6.45, 7) is 5.99. The maximum atomic E-state index is 11.2. The second-order valence-corrected chi connectivity index (χ2v) is 5.63. The molecule has 0 aliphatic rings. The van der Waals surface area contributed by atoms with E-state index in [-0.39, 0.29) is 5.92 Å². The van der Waals surface area contributed by atoms with Gasteiger partial charge in [-0.15, -0.1) is 0 Å². The lowest BCUT2D eigenvalue weighted by molar-refractivity contribution is -0.142. The minimum Gasteiger partial charge on any atom is -0.481 e. The number of carboxylic acids is 1. The lowest BCUT2D eigenvalue weighted by Crippen LogP contribution is -2.20. The van der Waals surface area contributed by atoms with Crippen LogP contribution in [-0.4, -0.2) is 20.9 Å². The summed E-state index contributed by atoms with van der Waals surface area (Å²) in [4.78, 5) is 11.2. The van der Waals surface area contributed by atoms with Gasteiger partial charge in [-0.25, -0.2) is 0 Å². The molecule has 96 valence electrons. The van der Waals surface area contributed by atoms with Crippen molar-refractivity contribution in [3.05, 3.63) is 15.9 Å². The fourth-order valence-corrected chi connectivity index (χ4v) is 2.47. The minimum atomic E-state index is -0.732. The summed E-state index contributed by atoms with van der Waals surface area (Å²) in [5, 5.41) is 13.5. The molecular weight excluding hydrogens is 284 g/mol. The number of hydrogen-bond donors (Lipinski definition) is 1. The zero-order chi connectivity index (χ0) is 13.2. The Morgan fingerprint density at radius 3 is 2.47 bits per heavy atom. The lowest BCUT2D eigenvalue weighted by atomic mass is 9.93. The molecular formula is C12H19BrN2O2. The van der Waals surface area contributed by atoms with Crippen molar-refractivity contribution < 1.29 is 9.90 Å². The molecule has 0 bridgehead atoms. The number of aryl methyl sites for hydroxylation is 2. The number of carboxylic acid groups (broad SMARTS) is 1. The van der Waals surface area contributed by atoms with Gasteiger partial charge in [0, 0.05) is 13.5 Å². The van der Waals surface area contributed by atoms with Crippen molar-refractivity contribution in [3.8, 4) is 0 Å². The Bertz CT molecular complexity index is 413. The van der Waals surface area contributed by atoms with Crippen LogP contribution in [0.25, 0.3) is 0 Å². The molecule has 0 aromatic carbocycles. The summed E-state index contributed by atoms with van der Waals surface area (Å²) >= 11 is 3.47. The Labute approximate surface area is 110 Å². The summed E-state index contributed by atoms with van der Waals surface area (Å²) in [6.07, 6.45) is 1.21. The largest absolute Gasteiger partial charge is 0.481 e. The predicted molar refractivity (Wildman–Crippen MR) is 69.9 cm³/mol. The van der Waals surface area contributed by atoms with Gasteiger partial charge in [-0.1, -0.05) is 13.8 Å². The highest BCUT2D eigenvalue weighted by Crippen LogP contribution is 2.25. The molecule has 17 heavy (non-hydrogen) atoms. The van der Waals surface area contributed by atoms with E-state index < -0.39 is 5.97 Å². The predicted octanol–water partition coefficient (Wildman–Crippen LogP) is 2.78. The first-order valence-electron chi connectivity index (χ1n) is 5.73. The third-order valence-electron chi connectivity index (χ3n) is 2.81. The van der Waals surface area contributed by atoms with E-state index in [4.69, 9.17) is 0 Å². The van der Waals surface area contributed by atoms with Crippen molar-refractivity contribution in [2.75, 3.05) is 0 Å². The average Bonchev–Trinajstić information content (AvgIpc) is 2.43. The van der Waals surface area contributed by atoms with Gasteiger partial charge in [0.15, 0.2) is 0 Å². The maximum absolute atomic E-state index is 11.2. The van der Waals surface area contributed by atoms with E-state index in [0.717, 1.165) is 15.9 Å². The Balaban J connectivity index is 2.89. The molecule has 1 atom stereocenters. The first kappa shape index (κ1) is 14.2. The van der Waals surface area contributed by atoms with E-state index in [1.165, 1.54) is 0 Å². The topological polar surface area (TPSA) is 55.1 Å². The van der Waals surface area contributed by atoms with Crippen LogP contribution < -0.4 is 0 Å². The number of rotatable bonds is 5. The second-order valence-electron chi connectivity index (χ2n) is 4.84. The molecule has 1 aromatic heterocycles. The first-order valence-corrected chi connectivity index (χ1v) is 6.53. The number of carbonyl (C=O) groups is 1. The molecule has 1 unspecified atom stereocenters.